The summed E-state index contributed by atoms with van der Waals surface area (Å²) in [5.41, 5.74) is 2.42. The lowest BCUT2D eigenvalue weighted by Gasteiger charge is -2.01. The smallest absolute Gasteiger partial charge is 0.0716 e. The highest BCUT2D eigenvalue weighted by molar-refractivity contribution is 9.09. The van der Waals surface area contributed by atoms with Crippen molar-refractivity contribution in [3.8, 4) is 0 Å². The fraction of sp³-hybridized carbons (Fsp3) is 0.455. The van der Waals surface area contributed by atoms with E-state index < -0.39 is 0 Å². The quantitative estimate of drug-likeness (QED) is 0.382. The molecule has 1 N–H and O–H groups in total. The lowest BCUT2D eigenvalue weighted by molar-refractivity contribution is 0.104. The molecule has 0 unspecified atom stereocenters. The zero-order chi connectivity index (χ0) is 17.3. The minimum atomic E-state index is 0. The highest BCUT2D eigenvalue weighted by atomic mass is 79.9. The third-order valence-electron chi connectivity index (χ3n) is 3.09. The molecule has 148 valence electrons. The van der Waals surface area contributed by atoms with Crippen LogP contribution in [-0.2, 0) is 22.7 Å². The second kappa shape index (κ2) is 20.1. The molecule has 0 aliphatic rings. The highest BCUT2D eigenvalue weighted by Crippen LogP contribution is 2.01. The van der Waals surface area contributed by atoms with Crippen molar-refractivity contribution in [1.82, 2.24) is 0 Å². The summed E-state index contributed by atoms with van der Waals surface area (Å²) in [6, 6.07) is 20.3. The van der Waals surface area contributed by atoms with E-state index in [1.165, 1.54) is 11.1 Å². The molecule has 0 amide bonds. The molecule has 4 heteroatoms. The van der Waals surface area contributed by atoms with Crippen LogP contribution in [0.4, 0.5) is 0 Å². The topological polar surface area (TPSA) is 38.7 Å². The molecule has 2 aromatic rings. The summed E-state index contributed by atoms with van der Waals surface area (Å²) in [7, 11) is 0. The maximum absolute atomic E-state index is 8.48. The molecule has 0 radical (unpaired) electrons. The van der Waals surface area contributed by atoms with Crippen LogP contribution in [0.5, 0.6) is 0 Å². The van der Waals surface area contributed by atoms with Crippen LogP contribution < -0.4 is 0 Å². The van der Waals surface area contributed by atoms with Crippen LogP contribution >= 0.6 is 15.9 Å². The number of benzene rings is 2. The summed E-state index contributed by atoms with van der Waals surface area (Å²) in [6.07, 6.45) is 1.79. The van der Waals surface area contributed by atoms with Crippen molar-refractivity contribution in [2.75, 3.05) is 25.2 Å². The zero-order valence-electron chi connectivity index (χ0n) is 14.1. The molecule has 0 bridgehead atoms. The molecule has 0 heterocycles. The number of ether oxygens (including phenoxy) is 2. The lowest BCUT2D eigenvalue weighted by Crippen LogP contribution is -1.97. The molecule has 2 rings (SSSR count). The minimum Gasteiger partial charge on any atom is -0.396 e. The van der Waals surface area contributed by atoms with E-state index in [-0.39, 0.29) is 21.5 Å². The summed E-state index contributed by atoms with van der Waals surface area (Å²) < 4.78 is 10.7. The predicted octanol–water partition coefficient (Wildman–Crippen LogP) is 5.85. The zero-order valence-corrected chi connectivity index (χ0v) is 15.7. The summed E-state index contributed by atoms with van der Waals surface area (Å²) in [6.45, 7) is 3.04. The van der Waals surface area contributed by atoms with E-state index in [0.717, 1.165) is 25.0 Å². The van der Waals surface area contributed by atoms with Gasteiger partial charge in [0, 0.05) is 25.2 Å². The van der Waals surface area contributed by atoms with Crippen LogP contribution in [-0.4, -0.2) is 30.3 Å². The van der Waals surface area contributed by atoms with Gasteiger partial charge in [-0.15, -0.1) is 0 Å². The first kappa shape index (κ1) is 27.0. The summed E-state index contributed by atoms with van der Waals surface area (Å²) >= 11 is 3.36. The van der Waals surface area contributed by atoms with E-state index in [1.54, 1.807) is 0 Å². The van der Waals surface area contributed by atoms with Crippen molar-refractivity contribution in [2.24, 2.45) is 0 Å². The van der Waals surface area contributed by atoms with Crippen LogP contribution in [0.15, 0.2) is 60.7 Å². The van der Waals surface area contributed by atoms with Crippen LogP contribution in [0.1, 0.15) is 38.8 Å². The second-order valence-corrected chi connectivity index (χ2v) is 5.99. The van der Waals surface area contributed by atoms with E-state index in [9.17, 15) is 0 Å². The van der Waals surface area contributed by atoms with Gasteiger partial charge in [0.15, 0.2) is 0 Å². The number of halogens is 1. The van der Waals surface area contributed by atoms with Crippen LogP contribution in [0.2, 0.25) is 0 Å². The van der Waals surface area contributed by atoms with Gasteiger partial charge in [-0.3, -0.25) is 0 Å². The van der Waals surface area contributed by atoms with Gasteiger partial charge in [0.25, 0.3) is 0 Å². The van der Waals surface area contributed by atoms with E-state index in [4.69, 9.17) is 14.6 Å². The van der Waals surface area contributed by atoms with E-state index in [2.05, 4.69) is 28.1 Å². The molecule has 2 aromatic carbocycles. The molecule has 0 atom stereocenters. The van der Waals surface area contributed by atoms with Gasteiger partial charge in [-0.25, -0.2) is 0 Å². The molecule has 0 aliphatic carbocycles. The summed E-state index contributed by atoms with van der Waals surface area (Å²) in [5.74, 6) is 0. The van der Waals surface area contributed by atoms with E-state index >= 15 is 0 Å². The Labute approximate surface area is 168 Å². The standard InChI is InChI=1S/C10H13BrO.C10H14O2.2CH4/c2*11-7-4-8-12-9-10-5-2-1-3-6-10;;/h1-3,5-6H,4,7-9H2;1-3,5-6,11H,4,7-9H2;2*1H4. The SMILES string of the molecule is BrCCCOCc1ccccc1.C.C.OCCCOCc1ccccc1. The van der Waals surface area contributed by atoms with Crippen molar-refractivity contribution >= 4 is 15.9 Å². The number of alkyl halides is 1. The predicted molar refractivity (Wildman–Crippen MR) is 116 cm³/mol. The first-order valence-corrected chi connectivity index (χ1v) is 9.39. The van der Waals surface area contributed by atoms with Crippen molar-refractivity contribution < 1.29 is 14.6 Å². The molecule has 26 heavy (non-hydrogen) atoms. The van der Waals surface area contributed by atoms with Crippen molar-refractivity contribution in [1.29, 1.82) is 0 Å². The van der Waals surface area contributed by atoms with Gasteiger partial charge in [-0.05, 0) is 24.0 Å². The van der Waals surface area contributed by atoms with E-state index in [1.807, 2.05) is 48.5 Å². The number of hydrogen-bond acceptors (Lipinski definition) is 3. The molecule has 3 nitrogen and oxygen atoms in total. The van der Waals surface area contributed by atoms with Crippen LogP contribution in [0, 0.1) is 0 Å². The lowest BCUT2D eigenvalue weighted by atomic mass is 10.2. The number of hydrogen-bond donors (Lipinski definition) is 1. The van der Waals surface area contributed by atoms with Gasteiger partial charge < -0.3 is 14.6 Å². The molecule has 0 aliphatic heterocycles. The Kier molecular flexibility index (Phi) is 20.9. The highest BCUT2D eigenvalue weighted by Gasteiger charge is 1.91. The average Bonchev–Trinajstić information content (AvgIpc) is 2.65. The number of rotatable bonds is 10. The van der Waals surface area contributed by atoms with Crippen LogP contribution in [0.3, 0.4) is 0 Å². The van der Waals surface area contributed by atoms with Crippen molar-refractivity contribution in [2.45, 2.75) is 40.9 Å². The van der Waals surface area contributed by atoms with E-state index in [0.29, 0.717) is 19.6 Å². The number of aliphatic hydroxyl groups is 1. The minimum absolute atomic E-state index is 0. The number of aliphatic hydroxyl groups excluding tert-OH is 1. The fourth-order valence-corrected chi connectivity index (χ4v) is 2.08. The van der Waals surface area contributed by atoms with Gasteiger partial charge in [-0.2, -0.15) is 0 Å². The molecule has 0 aromatic heterocycles. The second-order valence-electron chi connectivity index (χ2n) is 5.20. The first-order chi connectivity index (χ1) is 11.9. The fourth-order valence-electron chi connectivity index (χ4n) is 1.85. The monoisotopic (exact) mass is 426 g/mol. The third kappa shape index (κ3) is 15.1. The average molecular weight is 427 g/mol. The van der Waals surface area contributed by atoms with Gasteiger partial charge in [0.2, 0.25) is 0 Å². The summed E-state index contributed by atoms with van der Waals surface area (Å²) in [5, 5.41) is 9.50. The summed E-state index contributed by atoms with van der Waals surface area (Å²) in [4.78, 5) is 0. The molecule has 0 fully saturated rings. The van der Waals surface area contributed by atoms with Gasteiger partial charge in [-0.1, -0.05) is 91.4 Å². The third-order valence-corrected chi connectivity index (χ3v) is 3.65. The first-order valence-electron chi connectivity index (χ1n) is 8.27. The van der Waals surface area contributed by atoms with Gasteiger partial charge >= 0.3 is 0 Å². The molecular formula is C22H35BrO3. The Hall–Kier alpha value is -1.20. The normalized spacial score (nSPS) is 9.31. The Morgan fingerprint density at radius 1 is 0.692 bits per heavy atom. The Morgan fingerprint density at radius 3 is 1.50 bits per heavy atom. The molecule has 0 saturated heterocycles. The van der Waals surface area contributed by atoms with Gasteiger partial charge in [0.1, 0.15) is 0 Å². The molecule has 0 spiro atoms. The maximum atomic E-state index is 8.48. The largest absolute Gasteiger partial charge is 0.396 e. The Bertz CT molecular complexity index is 444. The Morgan fingerprint density at radius 2 is 1.12 bits per heavy atom. The van der Waals surface area contributed by atoms with Crippen molar-refractivity contribution in [3.63, 3.8) is 0 Å². The Balaban J connectivity index is 0. The van der Waals surface area contributed by atoms with Gasteiger partial charge in [0.05, 0.1) is 13.2 Å². The molecular weight excluding hydrogens is 392 g/mol. The molecule has 0 saturated carbocycles. The van der Waals surface area contributed by atoms with Crippen LogP contribution in [0.25, 0.3) is 0 Å². The maximum Gasteiger partial charge on any atom is 0.0716 e. The van der Waals surface area contributed by atoms with Crippen molar-refractivity contribution in [3.05, 3.63) is 71.8 Å².